The molecule has 3 aromatic rings. The number of aryl methyl sites for hydroxylation is 2. The molecule has 6 unspecified atom stereocenters. The first-order valence-corrected chi connectivity index (χ1v) is 26.0. The Morgan fingerprint density at radius 1 is 0.554 bits per heavy atom. The molecule has 0 saturated carbocycles. The summed E-state index contributed by atoms with van der Waals surface area (Å²) in [6, 6.07) is 15.5. The van der Waals surface area contributed by atoms with Crippen molar-refractivity contribution < 1.29 is 38.4 Å². The summed E-state index contributed by atoms with van der Waals surface area (Å²) in [7, 11) is 3.26. The average molecular weight is 1020 g/mol. The summed E-state index contributed by atoms with van der Waals surface area (Å²) in [5, 5.41) is 17.7. The number of likely N-dealkylation sites (N-methyl/N-ethyl adjacent to an activating group) is 2. The Morgan fingerprint density at radius 2 is 0.946 bits per heavy atom. The molecule has 2 aliphatic heterocycles. The number of carbonyl (C=O) groups is 8. The number of benzene rings is 2. The van der Waals surface area contributed by atoms with Gasteiger partial charge in [-0.05, 0) is 97.8 Å². The normalized spacial score (nSPS) is 20.8. The minimum Gasteiger partial charge on any atom is -0.347 e. The van der Waals surface area contributed by atoms with E-state index in [2.05, 4.69) is 36.9 Å². The van der Waals surface area contributed by atoms with E-state index in [0.29, 0.717) is 12.8 Å². The van der Waals surface area contributed by atoms with Crippen molar-refractivity contribution in [2.24, 2.45) is 10.8 Å². The van der Waals surface area contributed by atoms with Gasteiger partial charge in [0.05, 0.1) is 38.3 Å². The van der Waals surface area contributed by atoms with E-state index in [1.807, 2.05) is 90.1 Å². The van der Waals surface area contributed by atoms with Crippen molar-refractivity contribution in [1.82, 2.24) is 56.5 Å². The van der Waals surface area contributed by atoms with Gasteiger partial charge in [-0.15, -0.1) is 0 Å². The molecule has 74 heavy (non-hydrogen) atoms. The lowest BCUT2D eigenvalue weighted by Gasteiger charge is -2.44. The van der Waals surface area contributed by atoms with E-state index in [9.17, 15) is 38.4 Å². The molecule has 2 aliphatic carbocycles. The van der Waals surface area contributed by atoms with E-state index in [1.54, 1.807) is 20.2 Å². The van der Waals surface area contributed by atoms with Gasteiger partial charge in [-0.2, -0.15) is 0 Å². The van der Waals surface area contributed by atoms with Gasteiger partial charge in [-0.3, -0.25) is 38.4 Å². The number of aromatic nitrogens is 1. The molecular formula is C55H75N11O8. The number of hydrogen-bond acceptors (Lipinski definition) is 11. The molecule has 19 heteroatoms. The van der Waals surface area contributed by atoms with Gasteiger partial charge in [-0.1, -0.05) is 96.1 Å². The molecule has 19 nitrogen and oxygen atoms in total. The number of hydrogen-bond donors (Lipinski definition) is 6. The SMILES string of the molecule is CNCC(=O)NC(C(=O)N1CCN(C(=O)c2cccc(C(=O)N3CCN(C(=O)C(NC(=O)CNC)C(C)(C)C)C(C(=O)NC4CCCc5ccccc54)C3)n2)CC1C(=O)NC1CCCc2ccccc21)C(C)(C)C. The van der Waals surface area contributed by atoms with E-state index in [4.69, 9.17) is 0 Å². The zero-order valence-electron chi connectivity index (χ0n) is 44.2. The second kappa shape index (κ2) is 23.6. The Balaban J connectivity index is 1.13. The molecule has 2 saturated heterocycles. The highest BCUT2D eigenvalue weighted by Gasteiger charge is 2.46. The summed E-state index contributed by atoms with van der Waals surface area (Å²) in [5.74, 6) is -3.66. The average Bonchev–Trinajstić information content (AvgIpc) is 3.38. The molecule has 4 aliphatic rings. The minimum atomic E-state index is -1.14. The number of rotatable bonds is 14. The summed E-state index contributed by atoms with van der Waals surface area (Å²) in [5.41, 5.74) is 2.68. The van der Waals surface area contributed by atoms with E-state index in [1.165, 1.54) is 31.7 Å². The Bertz CT molecular complexity index is 2420. The first kappa shape index (κ1) is 55.0. The van der Waals surface area contributed by atoms with Crippen molar-refractivity contribution in [3.05, 3.63) is 100 Å². The van der Waals surface area contributed by atoms with Crippen LogP contribution in [0.15, 0.2) is 66.7 Å². The van der Waals surface area contributed by atoms with Crippen LogP contribution >= 0.6 is 0 Å². The summed E-state index contributed by atoms with van der Waals surface area (Å²) in [6.45, 7) is 10.6. The molecule has 0 radical (unpaired) electrons. The minimum absolute atomic E-state index is 0.0143. The van der Waals surface area contributed by atoms with Gasteiger partial charge in [-0.25, -0.2) is 4.98 Å². The van der Waals surface area contributed by atoms with Crippen LogP contribution in [0.3, 0.4) is 0 Å². The van der Waals surface area contributed by atoms with E-state index >= 15 is 0 Å². The second-order valence-corrected chi connectivity index (χ2v) is 22.1. The maximum Gasteiger partial charge on any atom is 0.272 e. The highest BCUT2D eigenvalue weighted by Crippen LogP contribution is 2.33. The molecule has 0 bridgehead atoms. The van der Waals surface area contributed by atoms with Gasteiger partial charge >= 0.3 is 0 Å². The number of amides is 8. The summed E-state index contributed by atoms with van der Waals surface area (Å²) in [4.78, 5) is 124. The number of nitrogens with zero attached hydrogens (tertiary/aromatic N) is 5. The molecule has 398 valence electrons. The Hall–Kier alpha value is -6.73. The number of carbonyl (C=O) groups excluding carboxylic acids is 8. The third kappa shape index (κ3) is 12.8. The van der Waals surface area contributed by atoms with Crippen molar-refractivity contribution in [3.63, 3.8) is 0 Å². The standard InChI is InChI=1S/C55H75N11O8/c1-54(2,3)46(61-44(67)30-56-7)52(73)65-28-26-63(32-42(65)48(69)59-38-22-13-18-34-16-9-11-20-36(34)38)50(71)40-24-15-25-41(58-40)51(72)64-27-29-66(53(74)47(55(4,5)6)62-45(68)31-57-8)43(33-64)49(70)60-39-23-14-19-35-17-10-12-21-37(35)39/h9-12,15-17,20-21,24-25,38-39,42-43,46-47,56-57H,13-14,18-19,22-23,26-33H2,1-8H3,(H,59,69)(H,60,70)(H,61,67)(H,62,68). The zero-order chi connectivity index (χ0) is 53.5. The van der Waals surface area contributed by atoms with Crippen molar-refractivity contribution >= 4 is 47.3 Å². The molecule has 3 heterocycles. The summed E-state index contributed by atoms with van der Waals surface area (Å²) < 4.78 is 0. The van der Waals surface area contributed by atoms with Crippen LogP contribution in [0.25, 0.3) is 0 Å². The molecule has 2 fully saturated rings. The second-order valence-electron chi connectivity index (χ2n) is 22.1. The summed E-state index contributed by atoms with van der Waals surface area (Å²) >= 11 is 0. The van der Waals surface area contributed by atoms with Gasteiger partial charge in [0.15, 0.2) is 0 Å². The lowest BCUT2D eigenvalue weighted by molar-refractivity contribution is -0.148. The molecule has 6 N–H and O–H groups in total. The lowest BCUT2D eigenvalue weighted by atomic mass is 9.85. The number of pyridine rings is 1. The first-order chi connectivity index (χ1) is 35.2. The van der Waals surface area contributed by atoms with Crippen LogP contribution in [-0.2, 0) is 41.6 Å². The molecule has 7 rings (SSSR count). The summed E-state index contributed by atoms with van der Waals surface area (Å²) in [6.07, 6.45) is 4.86. The molecular weight excluding hydrogens is 943 g/mol. The van der Waals surface area contributed by atoms with E-state index < -0.39 is 70.4 Å². The van der Waals surface area contributed by atoms with Gasteiger partial charge < -0.3 is 51.5 Å². The largest absolute Gasteiger partial charge is 0.347 e. The van der Waals surface area contributed by atoms with Crippen LogP contribution in [0.1, 0.15) is 123 Å². The van der Waals surface area contributed by atoms with Gasteiger partial charge in [0, 0.05) is 26.2 Å². The third-order valence-corrected chi connectivity index (χ3v) is 14.6. The van der Waals surface area contributed by atoms with Crippen LogP contribution in [0.5, 0.6) is 0 Å². The van der Waals surface area contributed by atoms with Crippen LogP contribution in [0, 0.1) is 10.8 Å². The monoisotopic (exact) mass is 1020 g/mol. The molecule has 6 atom stereocenters. The van der Waals surface area contributed by atoms with Crippen molar-refractivity contribution in [3.8, 4) is 0 Å². The van der Waals surface area contributed by atoms with Crippen LogP contribution in [0.2, 0.25) is 0 Å². The van der Waals surface area contributed by atoms with Crippen LogP contribution in [0.4, 0.5) is 0 Å². The van der Waals surface area contributed by atoms with Crippen LogP contribution < -0.4 is 31.9 Å². The van der Waals surface area contributed by atoms with Gasteiger partial charge in [0.25, 0.3) is 11.8 Å². The predicted octanol–water partition coefficient (Wildman–Crippen LogP) is 2.28. The number of fused-ring (bicyclic) bond motifs is 2. The highest BCUT2D eigenvalue weighted by molar-refractivity contribution is 5.99. The Kier molecular flexibility index (Phi) is 17.6. The molecule has 1 aromatic heterocycles. The fourth-order valence-corrected chi connectivity index (χ4v) is 10.6. The fourth-order valence-electron chi connectivity index (χ4n) is 10.6. The highest BCUT2D eigenvalue weighted by atomic mass is 16.2. The zero-order valence-corrected chi connectivity index (χ0v) is 44.2. The third-order valence-electron chi connectivity index (χ3n) is 14.6. The molecule has 0 spiro atoms. The Labute approximate surface area is 434 Å². The quantitative estimate of drug-likeness (QED) is 0.137. The maximum absolute atomic E-state index is 14.6. The predicted molar refractivity (Wildman–Crippen MR) is 278 cm³/mol. The van der Waals surface area contributed by atoms with E-state index in [0.717, 1.165) is 47.9 Å². The molecule has 2 aromatic carbocycles. The fraction of sp³-hybridized carbons (Fsp3) is 0.545. The van der Waals surface area contributed by atoms with Crippen molar-refractivity contribution in [1.29, 1.82) is 0 Å². The topological polar surface area (TPSA) is 235 Å². The first-order valence-electron chi connectivity index (χ1n) is 26.0. The van der Waals surface area contributed by atoms with Crippen molar-refractivity contribution in [2.45, 2.75) is 116 Å². The van der Waals surface area contributed by atoms with Crippen molar-refractivity contribution in [2.75, 3.05) is 66.5 Å². The smallest absolute Gasteiger partial charge is 0.272 e. The number of nitrogens with one attached hydrogen (secondary N) is 6. The number of piperazine rings is 2. The van der Waals surface area contributed by atoms with E-state index in [-0.39, 0.29) is 87.6 Å². The Morgan fingerprint density at radius 3 is 1.32 bits per heavy atom. The van der Waals surface area contributed by atoms with Crippen LogP contribution in [-0.4, -0.2) is 162 Å². The lowest BCUT2D eigenvalue weighted by Crippen LogP contribution is -2.66. The van der Waals surface area contributed by atoms with Gasteiger partial charge in [0.1, 0.15) is 35.6 Å². The maximum atomic E-state index is 14.6. The molecule has 8 amide bonds. The van der Waals surface area contributed by atoms with Gasteiger partial charge in [0.2, 0.25) is 35.4 Å².